The van der Waals surface area contributed by atoms with Crippen molar-refractivity contribution in [3.8, 4) is 17.0 Å². The zero-order valence-corrected chi connectivity index (χ0v) is 15.3. The number of carbonyl (C=O) groups is 1. The lowest BCUT2D eigenvalue weighted by Gasteiger charge is -2.14. The summed E-state index contributed by atoms with van der Waals surface area (Å²) in [6, 6.07) is 9.22. The van der Waals surface area contributed by atoms with Gasteiger partial charge < -0.3 is 14.8 Å². The highest BCUT2D eigenvalue weighted by atomic mass is 16.5. The summed E-state index contributed by atoms with van der Waals surface area (Å²) in [6.07, 6.45) is 2.93. The molecule has 1 unspecified atom stereocenters. The van der Waals surface area contributed by atoms with Gasteiger partial charge in [0.15, 0.2) is 11.5 Å². The monoisotopic (exact) mass is 367 g/mol. The Labute approximate surface area is 156 Å². The Morgan fingerprint density at radius 1 is 1.37 bits per heavy atom. The molecule has 8 nitrogen and oxygen atoms in total. The van der Waals surface area contributed by atoms with Crippen LogP contribution in [0.5, 0.6) is 5.75 Å². The van der Waals surface area contributed by atoms with E-state index in [1.807, 2.05) is 37.3 Å². The summed E-state index contributed by atoms with van der Waals surface area (Å²) in [5.41, 5.74) is 2.42. The average molecular weight is 367 g/mol. The SMILES string of the molecule is COc1ccc(-c2cc3nc([C@H](C)NC(=O)C4CCCO4)nn3cn2)cc1. The average Bonchev–Trinajstić information content (AvgIpc) is 3.37. The number of aromatic nitrogens is 4. The molecule has 0 aliphatic carbocycles. The summed E-state index contributed by atoms with van der Waals surface area (Å²) in [5.74, 6) is 1.21. The number of carbonyl (C=O) groups excluding carboxylic acids is 1. The van der Waals surface area contributed by atoms with Gasteiger partial charge in [-0.05, 0) is 44.0 Å². The molecule has 0 bridgehead atoms. The van der Waals surface area contributed by atoms with Crippen LogP contribution in [-0.2, 0) is 9.53 Å². The fourth-order valence-electron chi connectivity index (χ4n) is 3.07. The van der Waals surface area contributed by atoms with Crippen LogP contribution in [0.25, 0.3) is 16.9 Å². The van der Waals surface area contributed by atoms with Crippen LogP contribution in [0.1, 0.15) is 31.6 Å². The van der Waals surface area contributed by atoms with Crippen LogP contribution in [0.2, 0.25) is 0 Å². The van der Waals surface area contributed by atoms with Crippen molar-refractivity contribution in [2.45, 2.75) is 31.9 Å². The van der Waals surface area contributed by atoms with Gasteiger partial charge in [0.2, 0.25) is 5.91 Å². The molecule has 1 aromatic carbocycles. The summed E-state index contributed by atoms with van der Waals surface area (Å²) in [7, 11) is 1.63. The van der Waals surface area contributed by atoms with Crippen LogP contribution in [-0.4, -0.2) is 45.3 Å². The molecule has 8 heteroatoms. The first-order valence-corrected chi connectivity index (χ1v) is 8.93. The summed E-state index contributed by atoms with van der Waals surface area (Å²) >= 11 is 0. The van der Waals surface area contributed by atoms with Crippen LogP contribution in [0.3, 0.4) is 0 Å². The van der Waals surface area contributed by atoms with E-state index in [2.05, 4.69) is 20.4 Å². The first-order valence-electron chi connectivity index (χ1n) is 8.93. The van der Waals surface area contributed by atoms with Crippen molar-refractivity contribution >= 4 is 11.6 Å². The molecular weight excluding hydrogens is 346 g/mol. The number of amides is 1. The van der Waals surface area contributed by atoms with Crippen LogP contribution >= 0.6 is 0 Å². The molecule has 1 N–H and O–H groups in total. The van der Waals surface area contributed by atoms with Crippen molar-refractivity contribution in [3.05, 3.63) is 42.5 Å². The molecule has 1 aliphatic heterocycles. The van der Waals surface area contributed by atoms with Gasteiger partial charge in [0.05, 0.1) is 18.8 Å². The summed E-state index contributed by atoms with van der Waals surface area (Å²) in [5, 5.41) is 7.34. The van der Waals surface area contributed by atoms with Crippen molar-refractivity contribution in [1.82, 2.24) is 24.9 Å². The molecule has 0 spiro atoms. The molecule has 0 radical (unpaired) electrons. The molecule has 1 saturated heterocycles. The maximum Gasteiger partial charge on any atom is 0.249 e. The van der Waals surface area contributed by atoms with E-state index in [4.69, 9.17) is 9.47 Å². The minimum absolute atomic E-state index is 0.115. The maximum atomic E-state index is 12.2. The van der Waals surface area contributed by atoms with Crippen molar-refractivity contribution in [1.29, 1.82) is 0 Å². The highest BCUT2D eigenvalue weighted by Crippen LogP contribution is 2.22. The van der Waals surface area contributed by atoms with E-state index in [0.29, 0.717) is 18.1 Å². The zero-order chi connectivity index (χ0) is 18.8. The number of benzene rings is 1. The molecular formula is C19H21N5O3. The Kier molecular flexibility index (Phi) is 4.72. The van der Waals surface area contributed by atoms with Gasteiger partial charge in [-0.2, -0.15) is 0 Å². The van der Waals surface area contributed by atoms with E-state index in [9.17, 15) is 4.79 Å². The third-order valence-electron chi connectivity index (χ3n) is 4.60. The van der Waals surface area contributed by atoms with E-state index >= 15 is 0 Å². The molecule has 3 aromatic rings. The molecule has 1 amide bonds. The topological polar surface area (TPSA) is 90.6 Å². The number of ether oxygens (including phenoxy) is 2. The summed E-state index contributed by atoms with van der Waals surface area (Å²) in [4.78, 5) is 21.2. The second kappa shape index (κ2) is 7.32. The maximum absolute atomic E-state index is 12.2. The Balaban J connectivity index is 1.53. The number of nitrogens with zero attached hydrogens (tertiary/aromatic N) is 4. The quantitative estimate of drug-likeness (QED) is 0.743. The summed E-state index contributed by atoms with van der Waals surface area (Å²) in [6.45, 7) is 2.50. The van der Waals surface area contributed by atoms with E-state index in [-0.39, 0.29) is 18.1 Å². The molecule has 3 heterocycles. The van der Waals surface area contributed by atoms with E-state index < -0.39 is 0 Å². The second-order valence-electron chi connectivity index (χ2n) is 6.51. The second-order valence-corrected chi connectivity index (χ2v) is 6.51. The Bertz CT molecular complexity index is 948. The molecule has 27 heavy (non-hydrogen) atoms. The molecule has 140 valence electrons. The van der Waals surface area contributed by atoms with E-state index in [1.165, 1.54) is 0 Å². The van der Waals surface area contributed by atoms with Crippen molar-refractivity contribution < 1.29 is 14.3 Å². The van der Waals surface area contributed by atoms with Crippen LogP contribution in [0, 0.1) is 0 Å². The smallest absolute Gasteiger partial charge is 0.249 e. The van der Waals surface area contributed by atoms with E-state index in [0.717, 1.165) is 29.8 Å². The normalized spacial score (nSPS) is 17.8. The minimum Gasteiger partial charge on any atom is -0.497 e. The lowest BCUT2D eigenvalue weighted by Crippen LogP contribution is -2.36. The predicted octanol–water partition coefficient (Wildman–Crippen LogP) is 2.16. The summed E-state index contributed by atoms with van der Waals surface area (Å²) < 4.78 is 12.2. The Morgan fingerprint density at radius 2 is 2.19 bits per heavy atom. The van der Waals surface area contributed by atoms with Crippen LogP contribution < -0.4 is 10.1 Å². The first kappa shape index (κ1) is 17.4. The van der Waals surface area contributed by atoms with Gasteiger partial charge in [-0.1, -0.05) is 0 Å². The number of fused-ring (bicyclic) bond motifs is 1. The Morgan fingerprint density at radius 3 is 2.89 bits per heavy atom. The van der Waals surface area contributed by atoms with Crippen LogP contribution in [0.15, 0.2) is 36.7 Å². The molecule has 4 rings (SSSR count). The molecule has 2 atom stereocenters. The van der Waals surface area contributed by atoms with Gasteiger partial charge in [0.25, 0.3) is 0 Å². The number of hydrogen-bond acceptors (Lipinski definition) is 6. The first-order chi connectivity index (χ1) is 13.1. The number of hydrogen-bond donors (Lipinski definition) is 1. The molecule has 1 aliphatic rings. The minimum atomic E-state index is -0.368. The van der Waals surface area contributed by atoms with Crippen molar-refractivity contribution in [2.24, 2.45) is 0 Å². The van der Waals surface area contributed by atoms with Gasteiger partial charge in [0, 0.05) is 18.2 Å². The highest BCUT2D eigenvalue weighted by Gasteiger charge is 2.26. The van der Waals surface area contributed by atoms with Gasteiger partial charge in [-0.25, -0.2) is 14.5 Å². The van der Waals surface area contributed by atoms with Gasteiger partial charge in [-0.15, -0.1) is 5.10 Å². The molecule has 2 aromatic heterocycles. The van der Waals surface area contributed by atoms with Crippen LogP contribution in [0.4, 0.5) is 0 Å². The standard InChI is InChI=1S/C19H21N5O3/c1-12(21-19(25)16-4-3-9-27-16)18-22-17-10-15(20-11-24(17)23-18)13-5-7-14(26-2)8-6-13/h5-8,10-12,16H,3-4,9H2,1-2H3,(H,21,25)/t12-,16?/m0/s1. The third-order valence-corrected chi connectivity index (χ3v) is 4.60. The number of nitrogens with one attached hydrogen (secondary N) is 1. The van der Waals surface area contributed by atoms with Crippen molar-refractivity contribution in [3.63, 3.8) is 0 Å². The number of rotatable bonds is 5. The fourth-order valence-corrected chi connectivity index (χ4v) is 3.07. The van der Waals surface area contributed by atoms with Gasteiger partial charge in [-0.3, -0.25) is 4.79 Å². The van der Waals surface area contributed by atoms with Gasteiger partial charge in [0.1, 0.15) is 18.2 Å². The zero-order valence-electron chi connectivity index (χ0n) is 15.3. The largest absolute Gasteiger partial charge is 0.497 e. The van der Waals surface area contributed by atoms with E-state index in [1.54, 1.807) is 18.0 Å². The Hall–Kier alpha value is -3.00. The lowest BCUT2D eigenvalue weighted by atomic mass is 10.1. The third kappa shape index (κ3) is 3.61. The van der Waals surface area contributed by atoms with Crippen molar-refractivity contribution in [2.75, 3.05) is 13.7 Å². The number of methoxy groups -OCH3 is 1. The molecule has 1 fully saturated rings. The lowest BCUT2D eigenvalue weighted by molar-refractivity contribution is -0.130. The van der Waals surface area contributed by atoms with Gasteiger partial charge >= 0.3 is 0 Å². The fraction of sp³-hybridized carbons (Fsp3) is 0.368. The molecule has 0 saturated carbocycles. The predicted molar refractivity (Wildman–Crippen MR) is 98.3 cm³/mol. The highest BCUT2D eigenvalue weighted by molar-refractivity contribution is 5.81.